The highest BCUT2D eigenvalue weighted by Gasteiger charge is 2.22. The van der Waals surface area contributed by atoms with E-state index in [0.29, 0.717) is 12.6 Å². The lowest BCUT2D eigenvalue weighted by Gasteiger charge is -2.35. The van der Waals surface area contributed by atoms with Gasteiger partial charge < -0.3 is 9.84 Å². The highest BCUT2D eigenvalue weighted by atomic mass is 35.5. The molecule has 0 amide bonds. The third-order valence-electron chi connectivity index (χ3n) is 4.73. The molecule has 1 heterocycles. The largest absolute Gasteiger partial charge is 0.491 e. The van der Waals surface area contributed by atoms with Gasteiger partial charge in [0.2, 0.25) is 0 Å². The molecule has 3 nitrogen and oxygen atoms in total. The summed E-state index contributed by atoms with van der Waals surface area (Å²) >= 11 is 0. The summed E-state index contributed by atoms with van der Waals surface area (Å²) in [5.41, 5.74) is 2.73. The second-order valence-electron chi connectivity index (χ2n) is 6.44. The minimum absolute atomic E-state index is 0. The van der Waals surface area contributed by atoms with Gasteiger partial charge in [-0.1, -0.05) is 48.9 Å². The first-order valence-electron chi connectivity index (χ1n) is 8.98. The lowest BCUT2D eigenvalue weighted by Crippen LogP contribution is -2.34. The molecule has 1 saturated heterocycles. The Morgan fingerprint density at radius 2 is 1.60 bits per heavy atom. The highest BCUT2D eigenvalue weighted by molar-refractivity contribution is 5.85. The van der Waals surface area contributed by atoms with E-state index < -0.39 is 0 Å². The summed E-state index contributed by atoms with van der Waals surface area (Å²) in [5.74, 6) is 0.824. The second-order valence-corrected chi connectivity index (χ2v) is 6.44. The van der Waals surface area contributed by atoms with Crippen LogP contribution in [0.15, 0.2) is 54.6 Å². The number of piperidine rings is 1. The van der Waals surface area contributed by atoms with Gasteiger partial charge in [0.15, 0.2) is 0 Å². The number of hydrogen-bond acceptors (Lipinski definition) is 3. The molecular formula is C21H28ClNO2. The normalized spacial score (nSPS) is 16.0. The molecule has 1 unspecified atom stereocenters. The molecule has 136 valence electrons. The summed E-state index contributed by atoms with van der Waals surface area (Å²) in [6.45, 7) is 2.76. The van der Waals surface area contributed by atoms with Crippen molar-refractivity contribution >= 4 is 12.4 Å². The van der Waals surface area contributed by atoms with Crippen LogP contribution in [0.4, 0.5) is 0 Å². The first kappa shape index (κ1) is 19.8. The average Bonchev–Trinajstić information content (AvgIpc) is 2.66. The summed E-state index contributed by atoms with van der Waals surface area (Å²) in [6.07, 6.45) is 4.98. The van der Waals surface area contributed by atoms with Gasteiger partial charge in [0.1, 0.15) is 12.4 Å². The zero-order valence-electron chi connectivity index (χ0n) is 14.6. The molecule has 1 atom stereocenters. The molecule has 0 bridgehead atoms. The second kappa shape index (κ2) is 10.4. The van der Waals surface area contributed by atoms with E-state index >= 15 is 0 Å². The summed E-state index contributed by atoms with van der Waals surface area (Å²) in [6, 6.07) is 19.6. The Bertz CT molecular complexity index is 597. The third kappa shape index (κ3) is 5.74. The van der Waals surface area contributed by atoms with E-state index in [1.807, 2.05) is 12.1 Å². The molecular weight excluding hydrogens is 334 g/mol. The molecule has 2 aromatic carbocycles. The predicted octanol–water partition coefficient (Wildman–Crippen LogP) is 4.25. The van der Waals surface area contributed by atoms with E-state index in [0.717, 1.165) is 12.2 Å². The Labute approximate surface area is 157 Å². The van der Waals surface area contributed by atoms with Crippen molar-refractivity contribution in [3.8, 4) is 5.75 Å². The van der Waals surface area contributed by atoms with Crippen molar-refractivity contribution in [1.82, 2.24) is 4.90 Å². The van der Waals surface area contributed by atoms with Crippen LogP contribution in [0.5, 0.6) is 5.75 Å². The minimum atomic E-state index is 0. The maximum atomic E-state index is 8.87. The number of hydrogen-bond donors (Lipinski definition) is 1. The zero-order valence-corrected chi connectivity index (χ0v) is 15.5. The minimum Gasteiger partial charge on any atom is -0.491 e. The van der Waals surface area contributed by atoms with Gasteiger partial charge >= 0.3 is 0 Å². The molecule has 2 aromatic rings. The van der Waals surface area contributed by atoms with Crippen molar-refractivity contribution < 1.29 is 9.84 Å². The number of likely N-dealkylation sites (tertiary alicyclic amines) is 1. The molecule has 0 saturated carbocycles. The molecule has 0 spiro atoms. The van der Waals surface area contributed by atoms with Crippen LogP contribution in [0.2, 0.25) is 0 Å². The monoisotopic (exact) mass is 361 g/mol. The number of aliphatic hydroxyl groups is 1. The van der Waals surface area contributed by atoms with Crippen molar-refractivity contribution in [1.29, 1.82) is 0 Å². The van der Waals surface area contributed by atoms with E-state index in [1.54, 1.807) is 0 Å². The third-order valence-corrected chi connectivity index (χ3v) is 4.73. The molecule has 1 aliphatic heterocycles. The lowest BCUT2D eigenvalue weighted by molar-refractivity contribution is 0.162. The van der Waals surface area contributed by atoms with Crippen LogP contribution in [0, 0.1) is 0 Å². The fourth-order valence-corrected chi connectivity index (χ4v) is 3.47. The van der Waals surface area contributed by atoms with Crippen molar-refractivity contribution in [3.05, 3.63) is 65.7 Å². The van der Waals surface area contributed by atoms with Gasteiger partial charge in [-0.3, -0.25) is 4.90 Å². The number of benzene rings is 2. The number of aliphatic hydroxyl groups excluding tert-OH is 1. The molecule has 1 N–H and O–H groups in total. The van der Waals surface area contributed by atoms with E-state index in [4.69, 9.17) is 9.84 Å². The zero-order chi connectivity index (χ0) is 16.6. The van der Waals surface area contributed by atoms with Crippen LogP contribution in [-0.2, 0) is 6.42 Å². The first-order valence-corrected chi connectivity index (χ1v) is 8.98. The number of rotatable bonds is 7. The van der Waals surface area contributed by atoms with Gasteiger partial charge in [-0.2, -0.15) is 0 Å². The van der Waals surface area contributed by atoms with E-state index in [2.05, 4.69) is 47.4 Å². The Morgan fingerprint density at radius 1 is 0.920 bits per heavy atom. The predicted molar refractivity (Wildman–Crippen MR) is 105 cm³/mol. The maximum Gasteiger partial charge on any atom is 0.119 e. The summed E-state index contributed by atoms with van der Waals surface area (Å²) < 4.78 is 5.49. The van der Waals surface area contributed by atoms with Gasteiger partial charge in [-0.15, -0.1) is 12.4 Å². The van der Waals surface area contributed by atoms with Crippen molar-refractivity contribution in [2.75, 3.05) is 26.3 Å². The van der Waals surface area contributed by atoms with Crippen molar-refractivity contribution in [2.45, 2.75) is 31.7 Å². The number of ether oxygens (including phenoxy) is 1. The Kier molecular flexibility index (Phi) is 8.26. The number of nitrogens with zero attached hydrogens (tertiary/aromatic N) is 1. The fraction of sp³-hybridized carbons (Fsp3) is 0.429. The SMILES string of the molecule is Cl.OCCOc1ccc(C(Cc2ccccc2)N2CCCCC2)cc1. The van der Waals surface area contributed by atoms with Crippen molar-refractivity contribution in [3.63, 3.8) is 0 Å². The van der Waals surface area contributed by atoms with E-state index in [-0.39, 0.29) is 19.0 Å². The van der Waals surface area contributed by atoms with Gasteiger partial charge in [-0.05, 0) is 55.6 Å². The maximum absolute atomic E-state index is 8.87. The molecule has 1 fully saturated rings. The standard InChI is InChI=1S/C21H27NO2.ClH/c23-15-16-24-20-11-9-19(10-12-20)21(22-13-5-2-6-14-22)17-18-7-3-1-4-8-18;/h1,3-4,7-12,21,23H,2,5-6,13-17H2;1H. The van der Waals surface area contributed by atoms with Gasteiger partial charge in [0.25, 0.3) is 0 Å². The van der Waals surface area contributed by atoms with Crippen LogP contribution in [0.25, 0.3) is 0 Å². The number of halogens is 1. The molecule has 0 aliphatic carbocycles. The van der Waals surface area contributed by atoms with E-state index in [9.17, 15) is 0 Å². The van der Waals surface area contributed by atoms with Crippen LogP contribution < -0.4 is 4.74 Å². The van der Waals surface area contributed by atoms with E-state index in [1.165, 1.54) is 43.5 Å². The fourth-order valence-electron chi connectivity index (χ4n) is 3.47. The van der Waals surface area contributed by atoms with Gasteiger partial charge in [0.05, 0.1) is 6.61 Å². The molecule has 1 aliphatic rings. The van der Waals surface area contributed by atoms with Crippen LogP contribution >= 0.6 is 12.4 Å². The summed E-state index contributed by atoms with van der Waals surface area (Å²) in [7, 11) is 0. The van der Waals surface area contributed by atoms with Crippen molar-refractivity contribution in [2.24, 2.45) is 0 Å². The Balaban J connectivity index is 0.00000225. The highest BCUT2D eigenvalue weighted by Crippen LogP contribution is 2.29. The van der Waals surface area contributed by atoms with Gasteiger partial charge in [0, 0.05) is 6.04 Å². The van der Waals surface area contributed by atoms with Gasteiger partial charge in [-0.25, -0.2) is 0 Å². The summed E-state index contributed by atoms with van der Waals surface area (Å²) in [5, 5.41) is 8.87. The molecule has 4 heteroatoms. The smallest absolute Gasteiger partial charge is 0.119 e. The molecule has 0 radical (unpaired) electrons. The van der Waals surface area contributed by atoms with Crippen LogP contribution in [0.3, 0.4) is 0 Å². The molecule has 25 heavy (non-hydrogen) atoms. The quantitative estimate of drug-likeness (QED) is 0.800. The van der Waals surface area contributed by atoms with Crippen LogP contribution in [-0.4, -0.2) is 36.3 Å². The molecule has 3 rings (SSSR count). The Hall–Kier alpha value is -1.55. The summed E-state index contributed by atoms with van der Waals surface area (Å²) in [4.78, 5) is 2.63. The topological polar surface area (TPSA) is 32.7 Å². The Morgan fingerprint density at radius 3 is 2.24 bits per heavy atom. The molecule has 0 aromatic heterocycles. The van der Waals surface area contributed by atoms with Crippen LogP contribution in [0.1, 0.15) is 36.4 Å². The first-order chi connectivity index (χ1) is 11.9. The lowest BCUT2D eigenvalue weighted by atomic mass is 9.95. The average molecular weight is 362 g/mol.